The second kappa shape index (κ2) is 8.08. The third-order valence-electron chi connectivity index (χ3n) is 3.63. The molecule has 0 spiro atoms. The highest BCUT2D eigenvalue weighted by molar-refractivity contribution is 5.81. The summed E-state index contributed by atoms with van der Waals surface area (Å²) < 4.78 is 7.72. The quantitative estimate of drug-likeness (QED) is 0.710. The molecule has 0 bridgehead atoms. The summed E-state index contributed by atoms with van der Waals surface area (Å²) in [5, 5.41) is 4.85. The predicted molar refractivity (Wildman–Crippen MR) is 85.3 cm³/mol. The molecule has 0 amide bonds. The molecule has 1 aromatic heterocycles. The highest BCUT2D eigenvalue weighted by atomic mass is 16.5. The van der Waals surface area contributed by atoms with E-state index in [1.165, 1.54) is 23.0 Å². The molecule has 0 atom stereocenters. The molecule has 2 rings (SSSR count). The number of ether oxygens (including phenoxy) is 1. The summed E-state index contributed by atoms with van der Waals surface area (Å²) >= 11 is 0. The van der Waals surface area contributed by atoms with Gasteiger partial charge in [0.25, 0.3) is 0 Å². The maximum absolute atomic E-state index is 5.33. The fourth-order valence-electron chi connectivity index (χ4n) is 2.56. The number of fused-ring (bicyclic) bond motifs is 1. The van der Waals surface area contributed by atoms with Crippen LogP contribution in [0.25, 0.3) is 10.9 Å². The maximum atomic E-state index is 5.33. The molecule has 1 N–H and O–H groups in total. The van der Waals surface area contributed by atoms with Crippen molar-refractivity contribution < 1.29 is 4.74 Å². The number of hydrogen-bond acceptors (Lipinski definition) is 2. The Kier molecular flexibility index (Phi) is 6.09. The van der Waals surface area contributed by atoms with Crippen LogP contribution in [0, 0.1) is 6.92 Å². The van der Waals surface area contributed by atoms with E-state index in [-0.39, 0.29) is 0 Å². The monoisotopic (exact) mass is 274 g/mol. The number of aromatic nitrogens is 1. The summed E-state index contributed by atoms with van der Waals surface area (Å²) in [4.78, 5) is 0. The van der Waals surface area contributed by atoms with Crippen molar-refractivity contribution in [2.75, 3.05) is 26.3 Å². The number of para-hydroxylation sites is 1. The van der Waals surface area contributed by atoms with Gasteiger partial charge in [-0.1, -0.05) is 18.2 Å². The lowest BCUT2D eigenvalue weighted by Crippen LogP contribution is -2.21. The van der Waals surface area contributed by atoms with Gasteiger partial charge in [-0.3, -0.25) is 0 Å². The van der Waals surface area contributed by atoms with E-state index in [2.05, 4.69) is 47.1 Å². The van der Waals surface area contributed by atoms with Crippen molar-refractivity contribution in [3.05, 3.63) is 36.0 Å². The predicted octanol–water partition coefficient (Wildman–Crippen LogP) is 3.36. The molecule has 110 valence electrons. The Balaban J connectivity index is 1.72. The zero-order chi connectivity index (χ0) is 14.2. The van der Waals surface area contributed by atoms with Crippen LogP contribution in [0.1, 0.15) is 25.5 Å². The van der Waals surface area contributed by atoms with Crippen LogP contribution >= 0.6 is 0 Å². The second-order valence-corrected chi connectivity index (χ2v) is 5.15. The topological polar surface area (TPSA) is 26.2 Å². The van der Waals surface area contributed by atoms with E-state index in [9.17, 15) is 0 Å². The lowest BCUT2D eigenvalue weighted by molar-refractivity contribution is 0.143. The minimum Gasteiger partial charge on any atom is -0.382 e. The Morgan fingerprint density at radius 3 is 2.85 bits per heavy atom. The normalized spacial score (nSPS) is 11.3. The van der Waals surface area contributed by atoms with Crippen LogP contribution < -0.4 is 5.32 Å². The van der Waals surface area contributed by atoms with Crippen molar-refractivity contribution in [2.45, 2.75) is 33.2 Å². The second-order valence-electron chi connectivity index (χ2n) is 5.15. The summed E-state index contributed by atoms with van der Waals surface area (Å²) in [6.07, 6.45) is 2.33. The van der Waals surface area contributed by atoms with Crippen molar-refractivity contribution in [1.29, 1.82) is 0 Å². The molecule has 0 unspecified atom stereocenters. The van der Waals surface area contributed by atoms with Gasteiger partial charge in [0.15, 0.2) is 0 Å². The van der Waals surface area contributed by atoms with Crippen LogP contribution in [0.5, 0.6) is 0 Å². The van der Waals surface area contributed by atoms with E-state index in [4.69, 9.17) is 4.74 Å². The van der Waals surface area contributed by atoms with E-state index in [1.54, 1.807) is 0 Å². The zero-order valence-corrected chi connectivity index (χ0v) is 12.7. The molecule has 0 aliphatic heterocycles. The summed E-state index contributed by atoms with van der Waals surface area (Å²) in [6, 6.07) is 10.9. The molecule has 1 aromatic carbocycles. The van der Waals surface area contributed by atoms with E-state index >= 15 is 0 Å². The van der Waals surface area contributed by atoms with Gasteiger partial charge in [0, 0.05) is 37.5 Å². The summed E-state index contributed by atoms with van der Waals surface area (Å²) in [7, 11) is 0. The fourth-order valence-corrected chi connectivity index (χ4v) is 2.56. The van der Waals surface area contributed by atoms with Crippen LogP contribution in [-0.4, -0.2) is 30.9 Å². The van der Waals surface area contributed by atoms with Crippen LogP contribution in [-0.2, 0) is 11.3 Å². The van der Waals surface area contributed by atoms with Gasteiger partial charge in [-0.05, 0) is 50.8 Å². The van der Waals surface area contributed by atoms with E-state index in [1.807, 2.05) is 6.92 Å². The smallest absolute Gasteiger partial charge is 0.0482 e. The van der Waals surface area contributed by atoms with Gasteiger partial charge in [-0.15, -0.1) is 0 Å². The van der Waals surface area contributed by atoms with Gasteiger partial charge in [-0.2, -0.15) is 0 Å². The minimum atomic E-state index is 0.827. The number of aryl methyl sites for hydroxylation is 1. The van der Waals surface area contributed by atoms with Crippen LogP contribution in [0.2, 0.25) is 0 Å². The number of nitrogens with one attached hydrogen (secondary N) is 1. The van der Waals surface area contributed by atoms with Gasteiger partial charge >= 0.3 is 0 Å². The molecule has 3 nitrogen and oxygen atoms in total. The highest BCUT2D eigenvalue weighted by Gasteiger charge is 2.03. The number of nitrogens with zero attached hydrogens (tertiary/aromatic N) is 1. The summed E-state index contributed by atoms with van der Waals surface area (Å²) in [5.74, 6) is 0. The van der Waals surface area contributed by atoms with Gasteiger partial charge in [-0.25, -0.2) is 0 Å². The Labute approximate surface area is 121 Å². The third kappa shape index (κ3) is 4.09. The molecular formula is C17H26N2O. The Morgan fingerprint density at radius 2 is 2.00 bits per heavy atom. The van der Waals surface area contributed by atoms with Crippen LogP contribution in [0.3, 0.4) is 0 Å². The van der Waals surface area contributed by atoms with E-state index < -0.39 is 0 Å². The first-order valence-corrected chi connectivity index (χ1v) is 7.66. The molecule has 0 saturated carbocycles. The molecular weight excluding hydrogens is 248 g/mol. The zero-order valence-electron chi connectivity index (χ0n) is 12.7. The lowest BCUT2D eigenvalue weighted by Gasteiger charge is -2.09. The summed E-state index contributed by atoms with van der Waals surface area (Å²) in [5.41, 5.74) is 2.67. The molecule has 2 aromatic rings. The molecule has 0 aliphatic carbocycles. The maximum Gasteiger partial charge on any atom is 0.0482 e. The minimum absolute atomic E-state index is 0.827. The van der Waals surface area contributed by atoms with Crippen molar-refractivity contribution in [1.82, 2.24) is 9.88 Å². The van der Waals surface area contributed by atoms with Gasteiger partial charge in [0.1, 0.15) is 0 Å². The first kappa shape index (κ1) is 15.1. The first-order valence-electron chi connectivity index (χ1n) is 7.66. The molecule has 0 saturated heterocycles. The Hall–Kier alpha value is -1.32. The molecule has 0 fully saturated rings. The highest BCUT2D eigenvalue weighted by Crippen LogP contribution is 2.18. The lowest BCUT2D eigenvalue weighted by atomic mass is 10.2. The largest absolute Gasteiger partial charge is 0.382 e. The number of rotatable bonds is 9. The Morgan fingerprint density at radius 1 is 1.15 bits per heavy atom. The number of benzene rings is 1. The third-order valence-corrected chi connectivity index (χ3v) is 3.63. The van der Waals surface area contributed by atoms with Crippen molar-refractivity contribution in [3.63, 3.8) is 0 Å². The van der Waals surface area contributed by atoms with Gasteiger partial charge < -0.3 is 14.6 Å². The van der Waals surface area contributed by atoms with Gasteiger partial charge in [0.05, 0.1) is 0 Å². The molecule has 3 heteroatoms. The summed E-state index contributed by atoms with van der Waals surface area (Å²) in [6.45, 7) is 9.07. The van der Waals surface area contributed by atoms with E-state index in [0.717, 1.165) is 39.3 Å². The fraction of sp³-hybridized carbons (Fsp3) is 0.529. The Bertz CT molecular complexity index is 519. The molecule has 0 aliphatic rings. The molecule has 1 heterocycles. The average molecular weight is 274 g/mol. The first-order chi connectivity index (χ1) is 9.83. The SMILES string of the molecule is CCOCCCCNCCn1c(C)cc2ccccc21. The average Bonchev–Trinajstić information content (AvgIpc) is 2.78. The number of unbranched alkanes of at least 4 members (excludes halogenated alkanes) is 1. The van der Waals surface area contributed by atoms with E-state index in [0.29, 0.717) is 0 Å². The molecule has 0 radical (unpaired) electrons. The number of hydrogen-bond donors (Lipinski definition) is 1. The molecule has 20 heavy (non-hydrogen) atoms. The van der Waals surface area contributed by atoms with Gasteiger partial charge in [0.2, 0.25) is 0 Å². The van der Waals surface area contributed by atoms with Crippen LogP contribution in [0.4, 0.5) is 0 Å². The van der Waals surface area contributed by atoms with Crippen LogP contribution in [0.15, 0.2) is 30.3 Å². The van der Waals surface area contributed by atoms with Crippen molar-refractivity contribution in [3.8, 4) is 0 Å². The van der Waals surface area contributed by atoms with Crippen molar-refractivity contribution >= 4 is 10.9 Å². The standard InChI is InChI=1S/C17H26N2O/c1-3-20-13-7-6-10-18-11-12-19-15(2)14-16-8-4-5-9-17(16)19/h4-5,8-9,14,18H,3,6-7,10-13H2,1-2H3. The van der Waals surface area contributed by atoms with Crippen molar-refractivity contribution in [2.24, 2.45) is 0 Å².